The molecule has 1 unspecified atom stereocenters. The van der Waals surface area contributed by atoms with Crippen LogP contribution in [-0.4, -0.2) is 43.2 Å². The summed E-state index contributed by atoms with van der Waals surface area (Å²) >= 11 is 0. The third-order valence-corrected chi connectivity index (χ3v) is 4.96. The summed E-state index contributed by atoms with van der Waals surface area (Å²) in [4.78, 5) is 14.8. The number of nitrogens with zero attached hydrogens (tertiary/aromatic N) is 1. The van der Waals surface area contributed by atoms with Gasteiger partial charge in [-0.1, -0.05) is 43.2 Å². The maximum absolute atomic E-state index is 12.3. The van der Waals surface area contributed by atoms with Crippen LogP contribution in [0.5, 0.6) is 0 Å². The van der Waals surface area contributed by atoms with Gasteiger partial charge in [0.05, 0.1) is 6.04 Å². The van der Waals surface area contributed by atoms with Gasteiger partial charge < -0.3 is 10.1 Å². The van der Waals surface area contributed by atoms with Crippen LogP contribution in [0, 0.1) is 0 Å². The van der Waals surface area contributed by atoms with Gasteiger partial charge in [-0.2, -0.15) is 0 Å². The Morgan fingerprint density at radius 3 is 2.52 bits per heavy atom. The zero-order valence-electron chi connectivity index (χ0n) is 13.9. The van der Waals surface area contributed by atoms with E-state index in [0.29, 0.717) is 13.2 Å². The molecule has 2 fully saturated rings. The minimum absolute atomic E-state index is 0.0539. The second-order valence-corrected chi connectivity index (χ2v) is 6.62. The molecule has 0 bridgehead atoms. The average molecular weight is 316 g/mol. The van der Waals surface area contributed by atoms with E-state index in [1.807, 2.05) is 6.07 Å². The lowest BCUT2D eigenvalue weighted by Gasteiger charge is -2.31. The van der Waals surface area contributed by atoms with Crippen LogP contribution < -0.4 is 5.32 Å². The molecule has 1 aromatic carbocycles. The van der Waals surface area contributed by atoms with Crippen molar-refractivity contribution in [1.82, 2.24) is 10.2 Å². The summed E-state index contributed by atoms with van der Waals surface area (Å²) in [5.41, 5.74) is 1.29. The summed E-state index contributed by atoms with van der Waals surface area (Å²) in [5.74, 6) is 0.0539. The number of nitrogens with one attached hydrogen (secondary N) is 1. The Kier molecular flexibility index (Phi) is 6.06. The molecule has 2 aliphatic rings. The summed E-state index contributed by atoms with van der Waals surface area (Å²) in [5, 5.41) is 3.14. The topological polar surface area (TPSA) is 41.6 Å². The van der Waals surface area contributed by atoms with Crippen molar-refractivity contribution in [2.24, 2.45) is 0 Å². The molecule has 0 aromatic heterocycles. The van der Waals surface area contributed by atoms with E-state index in [1.165, 1.54) is 31.2 Å². The summed E-state index contributed by atoms with van der Waals surface area (Å²) in [6.07, 6.45) is 6.75. The molecule has 2 saturated heterocycles. The molecule has 2 atom stereocenters. The predicted molar refractivity (Wildman–Crippen MR) is 91.2 cm³/mol. The van der Waals surface area contributed by atoms with Crippen LogP contribution in [0.4, 0.5) is 0 Å². The summed E-state index contributed by atoms with van der Waals surface area (Å²) in [6, 6.07) is 10.8. The van der Waals surface area contributed by atoms with E-state index in [0.717, 1.165) is 25.9 Å². The minimum Gasteiger partial charge on any atom is -0.368 e. The molecule has 1 amide bonds. The lowest BCUT2D eigenvalue weighted by Crippen LogP contribution is -2.42. The number of ether oxygens (including phenoxy) is 1. The Morgan fingerprint density at radius 2 is 1.87 bits per heavy atom. The third-order valence-electron chi connectivity index (χ3n) is 4.96. The number of hydrogen-bond acceptors (Lipinski definition) is 3. The van der Waals surface area contributed by atoms with E-state index in [-0.39, 0.29) is 18.1 Å². The second-order valence-electron chi connectivity index (χ2n) is 6.62. The number of carbonyl (C=O) groups is 1. The quantitative estimate of drug-likeness (QED) is 0.908. The number of hydrogen-bond donors (Lipinski definition) is 1. The van der Waals surface area contributed by atoms with Gasteiger partial charge in [0.2, 0.25) is 5.91 Å². The molecule has 0 radical (unpaired) electrons. The van der Waals surface area contributed by atoms with Crippen LogP contribution in [-0.2, 0) is 9.53 Å². The van der Waals surface area contributed by atoms with Crippen LogP contribution in [0.25, 0.3) is 0 Å². The van der Waals surface area contributed by atoms with Crippen molar-refractivity contribution in [2.45, 2.75) is 50.7 Å². The van der Waals surface area contributed by atoms with Gasteiger partial charge >= 0.3 is 0 Å². The van der Waals surface area contributed by atoms with Crippen LogP contribution in [0.1, 0.15) is 50.1 Å². The lowest BCUT2D eigenvalue weighted by atomic mass is 10.0. The minimum atomic E-state index is -0.240. The Hall–Kier alpha value is -1.39. The number of rotatable bonds is 5. The highest BCUT2D eigenvalue weighted by atomic mass is 16.5. The molecule has 4 heteroatoms. The molecule has 1 N–H and O–H groups in total. The standard InChI is InChI=1S/C19H28N2O2/c22-19(18-11-8-14-23-18)20-15-17(16-9-4-3-5-10-16)21-12-6-1-2-7-13-21/h3-5,9-10,17-18H,1-2,6-8,11-15H2,(H,20,22)/t17?,18-/m0/s1. The largest absolute Gasteiger partial charge is 0.368 e. The van der Waals surface area contributed by atoms with Crippen molar-refractivity contribution in [1.29, 1.82) is 0 Å². The molecule has 0 spiro atoms. The zero-order valence-corrected chi connectivity index (χ0v) is 13.9. The van der Waals surface area contributed by atoms with Gasteiger partial charge in [0.1, 0.15) is 6.10 Å². The van der Waals surface area contributed by atoms with Gasteiger partial charge in [-0.3, -0.25) is 9.69 Å². The molecule has 2 heterocycles. The predicted octanol–water partition coefficient (Wildman–Crippen LogP) is 2.90. The number of likely N-dealkylation sites (tertiary alicyclic amines) is 1. The highest BCUT2D eigenvalue weighted by molar-refractivity contribution is 5.81. The van der Waals surface area contributed by atoms with Crippen LogP contribution in [0.2, 0.25) is 0 Å². The number of carbonyl (C=O) groups excluding carboxylic acids is 1. The first-order valence-corrected chi connectivity index (χ1v) is 9.03. The fraction of sp³-hybridized carbons (Fsp3) is 0.632. The number of amides is 1. The smallest absolute Gasteiger partial charge is 0.249 e. The van der Waals surface area contributed by atoms with Crippen LogP contribution >= 0.6 is 0 Å². The van der Waals surface area contributed by atoms with Crippen molar-refractivity contribution in [3.63, 3.8) is 0 Å². The molecule has 0 saturated carbocycles. The second kappa shape index (κ2) is 8.46. The van der Waals surface area contributed by atoms with Crippen molar-refractivity contribution in [3.05, 3.63) is 35.9 Å². The van der Waals surface area contributed by atoms with Crippen molar-refractivity contribution >= 4 is 5.91 Å². The Balaban J connectivity index is 1.65. The summed E-state index contributed by atoms with van der Waals surface area (Å²) in [6.45, 7) is 3.62. The SMILES string of the molecule is O=C(NCC(c1ccccc1)N1CCCCCC1)[C@@H]1CCCO1. The van der Waals surface area contributed by atoms with E-state index in [1.54, 1.807) is 0 Å². The molecule has 1 aromatic rings. The van der Waals surface area contributed by atoms with Gasteiger partial charge in [-0.25, -0.2) is 0 Å². The first kappa shape index (κ1) is 16.5. The van der Waals surface area contributed by atoms with Gasteiger partial charge in [0.25, 0.3) is 0 Å². The lowest BCUT2D eigenvalue weighted by molar-refractivity contribution is -0.130. The van der Waals surface area contributed by atoms with Crippen molar-refractivity contribution < 1.29 is 9.53 Å². The average Bonchev–Trinajstić information content (AvgIpc) is 3.00. The van der Waals surface area contributed by atoms with Crippen LogP contribution in [0.3, 0.4) is 0 Å². The van der Waals surface area contributed by atoms with E-state index in [9.17, 15) is 4.79 Å². The molecule has 4 nitrogen and oxygen atoms in total. The van der Waals surface area contributed by atoms with E-state index >= 15 is 0 Å². The highest BCUT2D eigenvalue weighted by Crippen LogP contribution is 2.24. The molecule has 126 valence electrons. The van der Waals surface area contributed by atoms with Gasteiger partial charge in [-0.15, -0.1) is 0 Å². The Bertz CT molecular complexity index is 477. The number of benzene rings is 1. The maximum Gasteiger partial charge on any atom is 0.249 e. The zero-order chi connectivity index (χ0) is 15.9. The molecule has 23 heavy (non-hydrogen) atoms. The maximum atomic E-state index is 12.3. The summed E-state index contributed by atoms with van der Waals surface area (Å²) < 4.78 is 5.49. The third kappa shape index (κ3) is 4.55. The van der Waals surface area contributed by atoms with Gasteiger partial charge in [-0.05, 0) is 44.3 Å². The molecule has 3 rings (SSSR count). The highest BCUT2D eigenvalue weighted by Gasteiger charge is 2.26. The normalized spacial score (nSPS) is 24.1. The monoisotopic (exact) mass is 316 g/mol. The Labute approximate surface area is 139 Å². The summed E-state index contributed by atoms with van der Waals surface area (Å²) in [7, 11) is 0. The molecule has 0 aliphatic carbocycles. The Morgan fingerprint density at radius 1 is 1.13 bits per heavy atom. The molecule has 2 aliphatic heterocycles. The molecular formula is C19H28N2O2. The van der Waals surface area contributed by atoms with E-state index in [4.69, 9.17) is 4.74 Å². The van der Waals surface area contributed by atoms with Crippen molar-refractivity contribution in [2.75, 3.05) is 26.2 Å². The van der Waals surface area contributed by atoms with Crippen molar-refractivity contribution in [3.8, 4) is 0 Å². The fourth-order valence-corrected chi connectivity index (χ4v) is 3.64. The fourth-order valence-electron chi connectivity index (χ4n) is 3.64. The van der Waals surface area contributed by atoms with E-state index < -0.39 is 0 Å². The molecular weight excluding hydrogens is 288 g/mol. The van der Waals surface area contributed by atoms with E-state index in [2.05, 4.69) is 34.5 Å². The van der Waals surface area contributed by atoms with Crippen LogP contribution in [0.15, 0.2) is 30.3 Å². The van der Waals surface area contributed by atoms with Gasteiger partial charge in [0, 0.05) is 13.2 Å². The first-order chi connectivity index (χ1) is 11.3. The first-order valence-electron chi connectivity index (χ1n) is 9.03. The van der Waals surface area contributed by atoms with Gasteiger partial charge in [0.15, 0.2) is 0 Å².